The molecule has 0 spiro atoms. The van der Waals surface area contributed by atoms with Crippen molar-refractivity contribution in [2.45, 2.75) is 25.4 Å². The second-order valence-corrected chi connectivity index (χ2v) is 5.82. The summed E-state index contributed by atoms with van der Waals surface area (Å²) in [5.74, 6) is 0.0878. The molecule has 0 saturated carbocycles. The third-order valence-electron chi connectivity index (χ3n) is 3.17. The summed E-state index contributed by atoms with van der Waals surface area (Å²) in [5, 5.41) is 10.1. The molecule has 2 rings (SSSR count). The lowest BCUT2D eigenvalue weighted by atomic mass is 10.1. The Hall–Kier alpha value is -0.580. The van der Waals surface area contributed by atoms with Gasteiger partial charge >= 0.3 is 0 Å². The van der Waals surface area contributed by atoms with Crippen LogP contribution in [0.3, 0.4) is 0 Å². The number of halogens is 2. The Labute approximate surface area is 120 Å². The van der Waals surface area contributed by atoms with Crippen LogP contribution in [-0.2, 0) is 11.2 Å². The first kappa shape index (κ1) is 13.8. The standard InChI is InChI=1S/C13H15BrClNO2/c14-12-2-1-10(15)7-9(12)8-13(18)16-5-3-11(17)4-6-16/h1-2,7,11,17H,3-6,8H2. The zero-order valence-electron chi connectivity index (χ0n) is 9.90. The second kappa shape index (κ2) is 6.04. The van der Waals surface area contributed by atoms with Gasteiger partial charge in [-0.2, -0.15) is 0 Å². The molecule has 1 heterocycles. The van der Waals surface area contributed by atoms with E-state index in [0.717, 1.165) is 10.0 Å². The summed E-state index contributed by atoms with van der Waals surface area (Å²) in [6.07, 6.45) is 1.43. The van der Waals surface area contributed by atoms with Crippen LogP contribution in [-0.4, -0.2) is 35.1 Å². The van der Waals surface area contributed by atoms with E-state index in [1.54, 1.807) is 11.0 Å². The van der Waals surface area contributed by atoms with Gasteiger partial charge in [0, 0.05) is 22.6 Å². The van der Waals surface area contributed by atoms with Crippen LogP contribution in [0.4, 0.5) is 0 Å². The van der Waals surface area contributed by atoms with Crippen LogP contribution in [0.2, 0.25) is 5.02 Å². The average molecular weight is 333 g/mol. The van der Waals surface area contributed by atoms with E-state index in [-0.39, 0.29) is 12.0 Å². The minimum atomic E-state index is -0.257. The molecule has 1 N–H and O–H groups in total. The Balaban J connectivity index is 2.00. The molecule has 1 fully saturated rings. The predicted octanol–water partition coefficient (Wildman–Crippen LogP) is 2.63. The molecule has 1 amide bonds. The van der Waals surface area contributed by atoms with Crippen molar-refractivity contribution in [1.29, 1.82) is 0 Å². The SMILES string of the molecule is O=C(Cc1cc(Cl)ccc1Br)N1CCC(O)CC1. The molecule has 0 aromatic heterocycles. The highest BCUT2D eigenvalue weighted by Gasteiger charge is 2.21. The fraction of sp³-hybridized carbons (Fsp3) is 0.462. The van der Waals surface area contributed by atoms with Gasteiger partial charge in [0.25, 0.3) is 0 Å². The van der Waals surface area contributed by atoms with Crippen molar-refractivity contribution in [3.05, 3.63) is 33.3 Å². The molecular formula is C13H15BrClNO2. The van der Waals surface area contributed by atoms with Crippen LogP contribution in [0, 0.1) is 0 Å². The Morgan fingerprint density at radius 1 is 1.44 bits per heavy atom. The van der Waals surface area contributed by atoms with Gasteiger partial charge in [-0.25, -0.2) is 0 Å². The van der Waals surface area contributed by atoms with Crippen molar-refractivity contribution >= 4 is 33.4 Å². The summed E-state index contributed by atoms with van der Waals surface area (Å²) >= 11 is 9.35. The molecule has 1 aromatic carbocycles. The number of hydrogen-bond donors (Lipinski definition) is 1. The fourth-order valence-electron chi connectivity index (χ4n) is 2.07. The van der Waals surface area contributed by atoms with Crippen molar-refractivity contribution in [3.63, 3.8) is 0 Å². The van der Waals surface area contributed by atoms with Gasteiger partial charge in [0.05, 0.1) is 12.5 Å². The van der Waals surface area contributed by atoms with Gasteiger partial charge in [-0.3, -0.25) is 4.79 Å². The first-order valence-corrected chi connectivity index (χ1v) is 7.13. The van der Waals surface area contributed by atoms with E-state index in [4.69, 9.17) is 11.6 Å². The number of aliphatic hydroxyl groups is 1. The Kier molecular flexibility index (Phi) is 4.65. The van der Waals surface area contributed by atoms with Gasteiger partial charge in [0.15, 0.2) is 0 Å². The molecule has 0 unspecified atom stereocenters. The monoisotopic (exact) mass is 331 g/mol. The number of amides is 1. The summed E-state index contributed by atoms with van der Waals surface area (Å²) in [7, 11) is 0. The van der Waals surface area contributed by atoms with Crippen molar-refractivity contribution < 1.29 is 9.90 Å². The summed E-state index contributed by atoms with van der Waals surface area (Å²) < 4.78 is 0.900. The number of rotatable bonds is 2. The maximum Gasteiger partial charge on any atom is 0.227 e. The number of piperidine rings is 1. The lowest BCUT2D eigenvalue weighted by molar-refractivity contribution is -0.132. The zero-order valence-corrected chi connectivity index (χ0v) is 12.2. The van der Waals surface area contributed by atoms with Crippen molar-refractivity contribution in [3.8, 4) is 0 Å². The number of carbonyl (C=O) groups excluding carboxylic acids is 1. The second-order valence-electron chi connectivity index (χ2n) is 4.52. The number of aliphatic hydroxyl groups excluding tert-OH is 1. The molecule has 18 heavy (non-hydrogen) atoms. The number of nitrogens with zero attached hydrogens (tertiary/aromatic N) is 1. The highest BCUT2D eigenvalue weighted by molar-refractivity contribution is 9.10. The van der Waals surface area contributed by atoms with E-state index >= 15 is 0 Å². The number of hydrogen-bond acceptors (Lipinski definition) is 2. The molecule has 0 aliphatic carbocycles. The Bertz CT molecular complexity index is 445. The summed E-state index contributed by atoms with van der Waals surface area (Å²) in [6, 6.07) is 5.45. The maximum atomic E-state index is 12.1. The molecule has 1 aliphatic rings. The van der Waals surface area contributed by atoms with Gasteiger partial charge in [0.1, 0.15) is 0 Å². The van der Waals surface area contributed by atoms with Crippen LogP contribution in [0.15, 0.2) is 22.7 Å². The van der Waals surface area contributed by atoms with Crippen LogP contribution in [0.25, 0.3) is 0 Å². The van der Waals surface area contributed by atoms with Gasteiger partial charge in [-0.05, 0) is 36.6 Å². The molecule has 1 saturated heterocycles. The molecule has 1 aromatic rings. The minimum Gasteiger partial charge on any atom is -0.393 e. The molecule has 5 heteroatoms. The smallest absolute Gasteiger partial charge is 0.227 e. The van der Waals surface area contributed by atoms with Crippen LogP contribution < -0.4 is 0 Å². The highest BCUT2D eigenvalue weighted by atomic mass is 79.9. The van der Waals surface area contributed by atoms with E-state index in [9.17, 15) is 9.90 Å². The van der Waals surface area contributed by atoms with Crippen molar-refractivity contribution in [1.82, 2.24) is 4.90 Å². The van der Waals surface area contributed by atoms with Gasteiger partial charge in [-0.15, -0.1) is 0 Å². The Morgan fingerprint density at radius 2 is 2.11 bits per heavy atom. The van der Waals surface area contributed by atoms with Crippen molar-refractivity contribution in [2.75, 3.05) is 13.1 Å². The van der Waals surface area contributed by atoms with Gasteiger partial charge in [0.2, 0.25) is 5.91 Å². The van der Waals surface area contributed by atoms with E-state index in [0.29, 0.717) is 37.4 Å². The largest absolute Gasteiger partial charge is 0.393 e. The Morgan fingerprint density at radius 3 is 2.78 bits per heavy atom. The third-order valence-corrected chi connectivity index (χ3v) is 4.18. The quantitative estimate of drug-likeness (QED) is 0.904. The lowest BCUT2D eigenvalue weighted by Gasteiger charge is -2.29. The van der Waals surface area contributed by atoms with E-state index in [1.165, 1.54) is 0 Å². The number of likely N-dealkylation sites (tertiary alicyclic amines) is 1. The summed E-state index contributed by atoms with van der Waals surface area (Å²) in [4.78, 5) is 13.9. The van der Waals surface area contributed by atoms with Crippen molar-refractivity contribution in [2.24, 2.45) is 0 Å². The molecule has 0 bridgehead atoms. The van der Waals surface area contributed by atoms with E-state index in [1.807, 2.05) is 12.1 Å². The van der Waals surface area contributed by atoms with Gasteiger partial charge in [-0.1, -0.05) is 27.5 Å². The topological polar surface area (TPSA) is 40.5 Å². The third kappa shape index (κ3) is 3.46. The summed E-state index contributed by atoms with van der Waals surface area (Å²) in [5.41, 5.74) is 0.902. The van der Waals surface area contributed by atoms with E-state index < -0.39 is 0 Å². The number of benzene rings is 1. The summed E-state index contributed by atoms with van der Waals surface area (Å²) in [6.45, 7) is 1.27. The zero-order chi connectivity index (χ0) is 13.1. The number of carbonyl (C=O) groups is 1. The van der Waals surface area contributed by atoms with Crippen LogP contribution in [0.1, 0.15) is 18.4 Å². The average Bonchev–Trinajstić information content (AvgIpc) is 2.34. The normalized spacial score (nSPS) is 16.9. The van der Waals surface area contributed by atoms with Gasteiger partial charge < -0.3 is 10.0 Å². The first-order valence-electron chi connectivity index (χ1n) is 5.96. The predicted molar refractivity (Wildman–Crippen MR) is 74.7 cm³/mol. The lowest BCUT2D eigenvalue weighted by Crippen LogP contribution is -2.40. The van der Waals surface area contributed by atoms with Crippen LogP contribution in [0.5, 0.6) is 0 Å². The fourth-order valence-corrected chi connectivity index (χ4v) is 2.65. The van der Waals surface area contributed by atoms with Crippen LogP contribution >= 0.6 is 27.5 Å². The highest BCUT2D eigenvalue weighted by Crippen LogP contribution is 2.22. The molecule has 0 radical (unpaired) electrons. The molecule has 1 aliphatic heterocycles. The molecular weight excluding hydrogens is 318 g/mol. The molecule has 0 atom stereocenters. The maximum absolute atomic E-state index is 12.1. The van der Waals surface area contributed by atoms with E-state index in [2.05, 4.69) is 15.9 Å². The molecule has 98 valence electrons. The molecule has 3 nitrogen and oxygen atoms in total. The minimum absolute atomic E-state index is 0.0878. The first-order chi connectivity index (χ1) is 8.56.